The van der Waals surface area contributed by atoms with Crippen LogP contribution in [0.3, 0.4) is 0 Å². The van der Waals surface area contributed by atoms with E-state index in [1.165, 1.54) is 0 Å². The molecule has 1 fully saturated rings. The highest BCUT2D eigenvalue weighted by atomic mass is 35.5. The molecule has 0 spiro atoms. The first-order chi connectivity index (χ1) is 9.92. The number of carbonyl (C=O) groups is 2. The average molecular weight is 311 g/mol. The second-order valence-electron chi connectivity index (χ2n) is 5.59. The molecule has 2 rings (SSSR count). The molecule has 5 nitrogen and oxygen atoms in total. The fourth-order valence-corrected chi connectivity index (χ4v) is 3.16. The number of anilines is 1. The molecule has 114 valence electrons. The van der Waals surface area contributed by atoms with Gasteiger partial charge in [0.1, 0.15) is 0 Å². The van der Waals surface area contributed by atoms with Crippen LogP contribution in [0, 0.1) is 0 Å². The zero-order valence-electron chi connectivity index (χ0n) is 11.7. The van der Waals surface area contributed by atoms with Crippen molar-refractivity contribution < 1.29 is 14.7 Å². The molecule has 0 atom stereocenters. The molecule has 21 heavy (non-hydrogen) atoms. The normalized spacial score (nSPS) is 17.2. The van der Waals surface area contributed by atoms with E-state index in [0.29, 0.717) is 16.3 Å². The molecule has 0 heterocycles. The first-order valence-corrected chi connectivity index (χ1v) is 7.39. The Bertz CT molecular complexity index is 554. The van der Waals surface area contributed by atoms with Crippen molar-refractivity contribution in [1.29, 1.82) is 0 Å². The summed E-state index contributed by atoms with van der Waals surface area (Å²) in [6.45, 7) is 0. The SMILES string of the molecule is NC(=O)c1ccc(Cl)cc1NC1(CC(=O)O)CCCCC1. The second-order valence-corrected chi connectivity index (χ2v) is 6.03. The number of amides is 1. The average Bonchev–Trinajstić information content (AvgIpc) is 2.38. The topological polar surface area (TPSA) is 92.4 Å². The Morgan fingerprint density at radius 3 is 2.52 bits per heavy atom. The summed E-state index contributed by atoms with van der Waals surface area (Å²) in [4.78, 5) is 22.7. The van der Waals surface area contributed by atoms with Gasteiger partial charge in [-0.15, -0.1) is 0 Å². The number of primary amides is 1. The Morgan fingerprint density at radius 2 is 1.95 bits per heavy atom. The molecule has 0 aromatic heterocycles. The van der Waals surface area contributed by atoms with Crippen LogP contribution in [0.2, 0.25) is 5.02 Å². The predicted octanol–water partition coefficient (Wildman–Crippen LogP) is 3.03. The van der Waals surface area contributed by atoms with Gasteiger partial charge in [0.2, 0.25) is 0 Å². The molecule has 4 N–H and O–H groups in total. The largest absolute Gasteiger partial charge is 0.481 e. The Hall–Kier alpha value is -1.75. The molecule has 6 heteroatoms. The molecule has 0 unspecified atom stereocenters. The first kappa shape index (κ1) is 15.6. The molecule has 1 amide bonds. The van der Waals surface area contributed by atoms with Crippen LogP contribution in [0.25, 0.3) is 0 Å². The summed E-state index contributed by atoms with van der Waals surface area (Å²) in [5.74, 6) is -1.41. The monoisotopic (exact) mass is 310 g/mol. The van der Waals surface area contributed by atoms with E-state index in [4.69, 9.17) is 17.3 Å². The number of halogens is 1. The highest BCUT2D eigenvalue weighted by Crippen LogP contribution is 2.36. The van der Waals surface area contributed by atoms with Crippen LogP contribution < -0.4 is 11.1 Å². The van der Waals surface area contributed by atoms with Gasteiger partial charge in [0, 0.05) is 16.2 Å². The van der Waals surface area contributed by atoms with Gasteiger partial charge in [-0.1, -0.05) is 30.9 Å². The molecule has 1 aliphatic carbocycles. The van der Waals surface area contributed by atoms with Crippen LogP contribution in [0.15, 0.2) is 18.2 Å². The van der Waals surface area contributed by atoms with Gasteiger partial charge in [-0.3, -0.25) is 9.59 Å². The third-order valence-electron chi connectivity index (χ3n) is 3.95. The highest BCUT2D eigenvalue weighted by molar-refractivity contribution is 6.31. The lowest BCUT2D eigenvalue weighted by molar-refractivity contribution is -0.138. The summed E-state index contributed by atoms with van der Waals surface area (Å²) in [7, 11) is 0. The van der Waals surface area contributed by atoms with E-state index in [2.05, 4.69) is 5.32 Å². The van der Waals surface area contributed by atoms with E-state index >= 15 is 0 Å². The summed E-state index contributed by atoms with van der Waals surface area (Å²) in [6, 6.07) is 4.78. The second kappa shape index (κ2) is 6.35. The molecule has 0 saturated heterocycles. The van der Waals surface area contributed by atoms with Crippen molar-refractivity contribution in [3.8, 4) is 0 Å². The van der Waals surface area contributed by atoms with Crippen molar-refractivity contribution in [3.05, 3.63) is 28.8 Å². The summed E-state index contributed by atoms with van der Waals surface area (Å²) < 4.78 is 0. The van der Waals surface area contributed by atoms with Gasteiger partial charge in [-0.2, -0.15) is 0 Å². The zero-order chi connectivity index (χ0) is 15.5. The van der Waals surface area contributed by atoms with Gasteiger partial charge < -0.3 is 16.2 Å². The number of hydrogen-bond donors (Lipinski definition) is 3. The van der Waals surface area contributed by atoms with Gasteiger partial charge in [-0.25, -0.2) is 0 Å². The van der Waals surface area contributed by atoms with Crippen molar-refractivity contribution in [1.82, 2.24) is 0 Å². The standard InChI is InChI=1S/C15H19ClN2O3/c16-10-4-5-11(14(17)21)12(8-10)18-15(9-13(19)20)6-2-1-3-7-15/h4-5,8,18H,1-3,6-7,9H2,(H2,17,21)(H,19,20). The smallest absolute Gasteiger partial charge is 0.305 e. The molecular weight excluding hydrogens is 292 g/mol. The number of carboxylic acids is 1. The van der Waals surface area contributed by atoms with Crippen molar-refractivity contribution in [2.45, 2.75) is 44.1 Å². The number of carbonyl (C=O) groups excluding carboxylic acids is 1. The maximum absolute atomic E-state index is 11.5. The summed E-state index contributed by atoms with van der Waals surface area (Å²) >= 11 is 5.98. The van der Waals surface area contributed by atoms with E-state index in [0.717, 1.165) is 32.1 Å². The third kappa shape index (κ3) is 3.88. The van der Waals surface area contributed by atoms with Crippen molar-refractivity contribution in [2.24, 2.45) is 5.73 Å². The first-order valence-electron chi connectivity index (χ1n) is 7.01. The van der Waals surface area contributed by atoms with Crippen LogP contribution >= 0.6 is 11.6 Å². The summed E-state index contributed by atoms with van der Waals surface area (Å²) in [6.07, 6.45) is 4.55. The Kier molecular flexibility index (Phi) is 4.73. The summed E-state index contributed by atoms with van der Waals surface area (Å²) in [5, 5.41) is 12.9. The van der Waals surface area contributed by atoms with Crippen LogP contribution in [0.1, 0.15) is 48.9 Å². The summed E-state index contributed by atoms with van der Waals surface area (Å²) in [5.41, 5.74) is 5.67. The predicted molar refractivity (Wildman–Crippen MR) is 81.7 cm³/mol. The third-order valence-corrected chi connectivity index (χ3v) is 4.18. The van der Waals surface area contributed by atoms with Gasteiger partial charge in [0.15, 0.2) is 0 Å². The number of nitrogens with one attached hydrogen (secondary N) is 1. The van der Waals surface area contributed by atoms with Gasteiger partial charge in [0.05, 0.1) is 12.0 Å². The van der Waals surface area contributed by atoms with E-state index in [1.54, 1.807) is 18.2 Å². The van der Waals surface area contributed by atoms with Crippen molar-refractivity contribution in [2.75, 3.05) is 5.32 Å². The number of hydrogen-bond acceptors (Lipinski definition) is 3. The van der Waals surface area contributed by atoms with E-state index in [1.807, 2.05) is 0 Å². The van der Waals surface area contributed by atoms with E-state index in [9.17, 15) is 14.7 Å². The minimum absolute atomic E-state index is 0.0116. The minimum atomic E-state index is -0.855. The number of aliphatic carboxylic acids is 1. The van der Waals surface area contributed by atoms with Crippen LogP contribution in [-0.4, -0.2) is 22.5 Å². The molecule has 0 radical (unpaired) electrons. The molecular formula is C15H19ClN2O3. The number of carboxylic acid groups (broad SMARTS) is 1. The quantitative estimate of drug-likeness (QED) is 0.779. The van der Waals surface area contributed by atoms with Crippen LogP contribution in [0.4, 0.5) is 5.69 Å². The maximum atomic E-state index is 11.5. The van der Waals surface area contributed by atoms with Crippen LogP contribution in [0.5, 0.6) is 0 Å². The Balaban J connectivity index is 2.34. The molecule has 1 aromatic rings. The minimum Gasteiger partial charge on any atom is -0.481 e. The number of benzene rings is 1. The lowest BCUT2D eigenvalue weighted by atomic mass is 9.79. The van der Waals surface area contributed by atoms with Gasteiger partial charge >= 0.3 is 5.97 Å². The molecule has 0 bridgehead atoms. The maximum Gasteiger partial charge on any atom is 0.305 e. The van der Waals surface area contributed by atoms with E-state index in [-0.39, 0.29) is 6.42 Å². The Morgan fingerprint density at radius 1 is 1.29 bits per heavy atom. The van der Waals surface area contributed by atoms with Gasteiger partial charge in [0.25, 0.3) is 5.91 Å². The Labute approximate surface area is 128 Å². The molecule has 0 aliphatic heterocycles. The lowest BCUT2D eigenvalue weighted by Gasteiger charge is -2.38. The number of nitrogens with two attached hydrogens (primary N) is 1. The molecule has 1 saturated carbocycles. The van der Waals surface area contributed by atoms with E-state index < -0.39 is 17.4 Å². The van der Waals surface area contributed by atoms with Gasteiger partial charge in [-0.05, 0) is 31.0 Å². The lowest BCUT2D eigenvalue weighted by Crippen LogP contribution is -2.42. The highest BCUT2D eigenvalue weighted by Gasteiger charge is 2.35. The fraction of sp³-hybridized carbons (Fsp3) is 0.467. The van der Waals surface area contributed by atoms with Crippen molar-refractivity contribution >= 4 is 29.2 Å². The molecule has 1 aliphatic rings. The fourth-order valence-electron chi connectivity index (χ4n) is 2.98. The van der Waals surface area contributed by atoms with Crippen LogP contribution in [-0.2, 0) is 4.79 Å². The zero-order valence-corrected chi connectivity index (χ0v) is 12.4. The number of rotatable bonds is 5. The molecule has 1 aromatic carbocycles. The van der Waals surface area contributed by atoms with Crippen molar-refractivity contribution in [3.63, 3.8) is 0 Å².